The Bertz CT molecular complexity index is 949. The van der Waals surface area contributed by atoms with Crippen molar-refractivity contribution in [2.45, 2.75) is 26.6 Å². The SMILES string of the molecule is C=C(C)C(=O)Oc1ccc(-c2ccc(OC(=O)CCOC(O)C(=C)C)c(F)c2)cc1. The van der Waals surface area contributed by atoms with Crippen LogP contribution in [0.3, 0.4) is 0 Å². The predicted octanol–water partition coefficient (Wildman–Crippen LogP) is 4.18. The Morgan fingerprint density at radius 2 is 1.67 bits per heavy atom. The average molecular weight is 414 g/mol. The number of aliphatic hydroxyl groups excluding tert-OH is 1. The summed E-state index contributed by atoms with van der Waals surface area (Å²) in [5.41, 5.74) is 1.93. The van der Waals surface area contributed by atoms with Crippen LogP contribution in [0.5, 0.6) is 11.5 Å². The number of hydrogen-bond acceptors (Lipinski definition) is 6. The van der Waals surface area contributed by atoms with E-state index in [0.717, 1.165) is 0 Å². The molecule has 1 unspecified atom stereocenters. The Morgan fingerprint density at radius 1 is 1.03 bits per heavy atom. The molecule has 7 heteroatoms. The zero-order chi connectivity index (χ0) is 22.3. The molecule has 1 N–H and O–H groups in total. The van der Waals surface area contributed by atoms with Crippen molar-refractivity contribution in [3.05, 3.63) is 72.6 Å². The molecule has 0 bridgehead atoms. The summed E-state index contributed by atoms with van der Waals surface area (Å²) < 4.78 is 29.5. The van der Waals surface area contributed by atoms with Crippen LogP contribution in [0.25, 0.3) is 11.1 Å². The molecule has 0 fully saturated rings. The van der Waals surface area contributed by atoms with Gasteiger partial charge in [-0.3, -0.25) is 4.79 Å². The maximum absolute atomic E-state index is 14.4. The van der Waals surface area contributed by atoms with Crippen molar-refractivity contribution < 1.29 is 33.3 Å². The van der Waals surface area contributed by atoms with Gasteiger partial charge in [0.25, 0.3) is 0 Å². The monoisotopic (exact) mass is 414 g/mol. The number of halogens is 1. The van der Waals surface area contributed by atoms with Crippen LogP contribution in [0.1, 0.15) is 20.3 Å². The maximum atomic E-state index is 14.4. The van der Waals surface area contributed by atoms with Crippen molar-refractivity contribution in [2.24, 2.45) is 0 Å². The van der Waals surface area contributed by atoms with Gasteiger partial charge in [0.1, 0.15) is 5.75 Å². The summed E-state index contributed by atoms with van der Waals surface area (Å²) in [7, 11) is 0. The molecular formula is C23H23FO6. The van der Waals surface area contributed by atoms with E-state index in [-0.39, 0.29) is 24.4 Å². The van der Waals surface area contributed by atoms with E-state index in [4.69, 9.17) is 14.2 Å². The number of ether oxygens (including phenoxy) is 3. The Labute approximate surface area is 174 Å². The summed E-state index contributed by atoms with van der Waals surface area (Å²) in [5.74, 6) is -1.80. The van der Waals surface area contributed by atoms with Gasteiger partial charge in [-0.05, 0) is 54.8 Å². The zero-order valence-corrected chi connectivity index (χ0v) is 16.8. The molecule has 0 saturated heterocycles. The lowest BCUT2D eigenvalue weighted by molar-refractivity contribution is -0.138. The molecule has 158 valence electrons. The van der Waals surface area contributed by atoms with E-state index in [0.29, 0.717) is 22.4 Å². The van der Waals surface area contributed by atoms with Gasteiger partial charge in [-0.2, -0.15) is 0 Å². The molecule has 2 aromatic rings. The van der Waals surface area contributed by atoms with Crippen molar-refractivity contribution >= 4 is 11.9 Å². The Balaban J connectivity index is 1.98. The van der Waals surface area contributed by atoms with Crippen LogP contribution in [0.15, 0.2) is 66.8 Å². The lowest BCUT2D eigenvalue weighted by atomic mass is 10.1. The molecule has 0 aliphatic carbocycles. The zero-order valence-electron chi connectivity index (χ0n) is 16.8. The van der Waals surface area contributed by atoms with Crippen molar-refractivity contribution in [1.82, 2.24) is 0 Å². The first kappa shape index (κ1) is 23.0. The van der Waals surface area contributed by atoms with E-state index in [1.165, 1.54) is 12.1 Å². The highest BCUT2D eigenvalue weighted by Crippen LogP contribution is 2.27. The summed E-state index contributed by atoms with van der Waals surface area (Å²) in [6.45, 7) is 10.1. The number of aliphatic hydroxyl groups is 1. The number of esters is 2. The Morgan fingerprint density at radius 3 is 2.23 bits per heavy atom. The second kappa shape index (κ2) is 10.5. The fourth-order valence-electron chi connectivity index (χ4n) is 2.24. The number of benzene rings is 2. The number of hydrogen-bond donors (Lipinski definition) is 1. The fraction of sp³-hybridized carbons (Fsp3) is 0.217. The van der Waals surface area contributed by atoms with Crippen LogP contribution in [-0.2, 0) is 14.3 Å². The second-order valence-corrected chi connectivity index (χ2v) is 6.63. The highest BCUT2D eigenvalue weighted by atomic mass is 19.1. The summed E-state index contributed by atoms with van der Waals surface area (Å²) in [6, 6.07) is 10.7. The molecule has 2 aromatic carbocycles. The van der Waals surface area contributed by atoms with Gasteiger partial charge in [-0.25, -0.2) is 9.18 Å². The minimum absolute atomic E-state index is 0.0884. The summed E-state index contributed by atoms with van der Waals surface area (Å²) in [4.78, 5) is 23.4. The van der Waals surface area contributed by atoms with E-state index in [2.05, 4.69) is 13.2 Å². The average Bonchev–Trinajstić information content (AvgIpc) is 2.69. The molecule has 0 radical (unpaired) electrons. The van der Waals surface area contributed by atoms with E-state index in [1.807, 2.05) is 0 Å². The van der Waals surface area contributed by atoms with Gasteiger partial charge in [-0.1, -0.05) is 31.4 Å². The van der Waals surface area contributed by atoms with Crippen LogP contribution in [-0.4, -0.2) is 29.9 Å². The summed E-state index contributed by atoms with van der Waals surface area (Å²) in [6.07, 6.45) is -1.32. The first-order valence-corrected chi connectivity index (χ1v) is 9.11. The molecule has 0 aliphatic rings. The van der Waals surface area contributed by atoms with Gasteiger partial charge >= 0.3 is 11.9 Å². The van der Waals surface area contributed by atoms with E-state index in [1.54, 1.807) is 44.2 Å². The maximum Gasteiger partial charge on any atom is 0.338 e. The first-order chi connectivity index (χ1) is 14.2. The second-order valence-electron chi connectivity index (χ2n) is 6.63. The van der Waals surface area contributed by atoms with Crippen molar-refractivity contribution in [3.63, 3.8) is 0 Å². The van der Waals surface area contributed by atoms with Crippen molar-refractivity contribution in [3.8, 4) is 22.6 Å². The molecule has 0 saturated carbocycles. The van der Waals surface area contributed by atoms with Crippen LogP contribution >= 0.6 is 0 Å². The lowest BCUT2D eigenvalue weighted by Gasteiger charge is -2.11. The lowest BCUT2D eigenvalue weighted by Crippen LogP contribution is -2.17. The molecule has 6 nitrogen and oxygen atoms in total. The number of carbonyl (C=O) groups is 2. The third-order valence-electron chi connectivity index (χ3n) is 3.91. The highest BCUT2D eigenvalue weighted by Gasteiger charge is 2.13. The normalized spacial score (nSPS) is 11.5. The van der Waals surface area contributed by atoms with E-state index < -0.39 is 24.0 Å². The van der Waals surface area contributed by atoms with Crippen LogP contribution in [0.2, 0.25) is 0 Å². The van der Waals surface area contributed by atoms with Gasteiger partial charge in [-0.15, -0.1) is 0 Å². The van der Waals surface area contributed by atoms with Gasteiger partial charge in [0.2, 0.25) is 0 Å². The topological polar surface area (TPSA) is 82.1 Å². The quantitative estimate of drug-likeness (QED) is 0.218. The third kappa shape index (κ3) is 6.65. The predicted molar refractivity (Wildman–Crippen MR) is 109 cm³/mol. The number of carbonyl (C=O) groups excluding carboxylic acids is 2. The molecule has 0 aliphatic heterocycles. The van der Waals surface area contributed by atoms with Gasteiger partial charge in [0.15, 0.2) is 17.9 Å². The van der Waals surface area contributed by atoms with Crippen LogP contribution in [0.4, 0.5) is 4.39 Å². The molecular weight excluding hydrogens is 391 g/mol. The molecule has 0 spiro atoms. The minimum atomic E-state index is -1.16. The third-order valence-corrected chi connectivity index (χ3v) is 3.91. The van der Waals surface area contributed by atoms with Gasteiger partial charge < -0.3 is 19.3 Å². The minimum Gasteiger partial charge on any atom is -0.423 e. The first-order valence-electron chi connectivity index (χ1n) is 9.11. The molecule has 2 rings (SSSR count). The van der Waals surface area contributed by atoms with Crippen molar-refractivity contribution in [1.29, 1.82) is 0 Å². The van der Waals surface area contributed by atoms with Gasteiger partial charge in [0.05, 0.1) is 13.0 Å². The fourth-order valence-corrected chi connectivity index (χ4v) is 2.24. The smallest absolute Gasteiger partial charge is 0.338 e. The Kier molecular flexibility index (Phi) is 8.03. The van der Waals surface area contributed by atoms with Crippen molar-refractivity contribution in [2.75, 3.05) is 6.61 Å². The van der Waals surface area contributed by atoms with Crippen LogP contribution < -0.4 is 9.47 Å². The molecule has 0 heterocycles. The molecule has 0 amide bonds. The Hall–Kier alpha value is -3.29. The van der Waals surface area contributed by atoms with Crippen LogP contribution in [0, 0.1) is 5.82 Å². The number of rotatable bonds is 9. The molecule has 1 atom stereocenters. The van der Waals surface area contributed by atoms with E-state index >= 15 is 0 Å². The van der Waals surface area contributed by atoms with Gasteiger partial charge in [0, 0.05) is 5.57 Å². The molecule has 0 aromatic heterocycles. The highest BCUT2D eigenvalue weighted by molar-refractivity contribution is 5.88. The molecule has 30 heavy (non-hydrogen) atoms. The van der Waals surface area contributed by atoms with E-state index in [9.17, 15) is 19.1 Å². The largest absolute Gasteiger partial charge is 0.423 e. The summed E-state index contributed by atoms with van der Waals surface area (Å²) >= 11 is 0. The summed E-state index contributed by atoms with van der Waals surface area (Å²) in [5, 5.41) is 9.43. The standard InChI is InChI=1S/C23H23FO6/c1-14(2)22(26)28-12-11-21(25)30-20-10-7-17(13-19(20)24)16-5-8-18(9-6-16)29-23(27)15(3)4/h5-10,13,22,26H,1,3,11-12H2,2,4H3.